The van der Waals surface area contributed by atoms with Crippen LogP contribution in [0.1, 0.15) is 23.0 Å². The molecule has 0 spiro atoms. The van der Waals surface area contributed by atoms with Crippen molar-refractivity contribution in [2.75, 3.05) is 19.7 Å². The summed E-state index contributed by atoms with van der Waals surface area (Å²) in [6.45, 7) is 3.81. The van der Waals surface area contributed by atoms with E-state index < -0.39 is 5.97 Å². The van der Waals surface area contributed by atoms with E-state index in [0.29, 0.717) is 18.8 Å². The molecular weight excluding hydrogens is 238 g/mol. The van der Waals surface area contributed by atoms with Crippen LogP contribution in [0.25, 0.3) is 0 Å². The fraction of sp³-hybridized carbons (Fsp3) is 0.583. The van der Waals surface area contributed by atoms with Crippen LogP contribution < -0.4 is 0 Å². The lowest BCUT2D eigenvalue weighted by molar-refractivity contribution is -0.0983. The van der Waals surface area contributed by atoms with E-state index in [4.69, 9.17) is 19.4 Å². The second-order valence-electron chi connectivity index (χ2n) is 4.55. The van der Waals surface area contributed by atoms with E-state index in [9.17, 15) is 4.79 Å². The zero-order valence-electron chi connectivity index (χ0n) is 10.2. The third-order valence-electron chi connectivity index (χ3n) is 2.89. The summed E-state index contributed by atoms with van der Waals surface area (Å²) in [6, 6.07) is 1.52. The third kappa shape index (κ3) is 3.10. The number of ether oxygens (including phenoxy) is 1. The average Bonchev–Trinajstić information content (AvgIpc) is 2.76. The number of hydrogen-bond acceptors (Lipinski definition) is 5. The average molecular weight is 255 g/mol. The Morgan fingerprint density at radius 3 is 2.94 bits per heavy atom. The topological polar surface area (TPSA) is 83.1 Å². The SMILES string of the molecule is CC1CN(Cc2cc(C(=O)O)co2)CC(CO)O1. The van der Waals surface area contributed by atoms with Gasteiger partial charge in [-0.25, -0.2) is 4.79 Å². The minimum atomic E-state index is -0.992. The second-order valence-corrected chi connectivity index (χ2v) is 4.55. The van der Waals surface area contributed by atoms with Gasteiger partial charge in [-0.15, -0.1) is 0 Å². The molecule has 100 valence electrons. The van der Waals surface area contributed by atoms with Crippen LogP contribution in [0.3, 0.4) is 0 Å². The van der Waals surface area contributed by atoms with Gasteiger partial charge < -0.3 is 19.4 Å². The van der Waals surface area contributed by atoms with Crippen LogP contribution in [0.15, 0.2) is 16.7 Å². The Kier molecular flexibility index (Phi) is 4.00. The smallest absolute Gasteiger partial charge is 0.338 e. The Hall–Kier alpha value is -1.37. The molecule has 2 rings (SSSR count). The van der Waals surface area contributed by atoms with Crippen LogP contribution in [0.2, 0.25) is 0 Å². The zero-order valence-corrected chi connectivity index (χ0v) is 10.2. The standard InChI is InChI=1S/C12H17NO5/c1-8-3-13(5-11(6-14)18-8)4-10-2-9(7-17-10)12(15)16/h2,7-8,11,14H,3-6H2,1H3,(H,15,16). The van der Waals surface area contributed by atoms with Crippen LogP contribution in [0.5, 0.6) is 0 Å². The number of aromatic carboxylic acids is 1. The Morgan fingerprint density at radius 2 is 2.33 bits per heavy atom. The fourth-order valence-corrected chi connectivity index (χ4v) is 2.17. The molecule has 0 aromatic carbocycles. The molecule has 1 aliphatic rings. The maximum absolute atomic E-state index is 10.7. The first-order chi connectivity index (χ1) is 8.58. The van der Waals surface area contributed by atoms with Gasteiger partial charge in [0.1, 0.15) is 12.0 Å². The van der Waals surface area contributed by atoms with Gasteiger partial charge >= 0.3 is 5.97 Å². The molecule has 0 radical (unpaired) electrons. The first-order valence-electron chi connectivity index (χ1n) is 5.88. The number of aliphatic hydroxyl groups is 1. The van der Waals surface area contributed by atoms with E-state index in [-0.39, 0.29) is 24.4 Å². The summed E-state index contributed by atoms with van der Waals surface area (Å²) in [6.07, 6.45) is 1.10. The van der Waals surface area contributed by atoms with Gasteiger partial charge in [-0.05, 0) is 13.0 Å². The molecule has 0 aliphatic carbocycles. The van der Waals surface area contributed by atoms with Crippen LogP contribution in [-0.2, 0) is 11.3 Å². The predicted octanol–water partition coefficient (Wildman–Crippen LogP) is 0.559. The molecule has 1 aromatic rings. The lowest BCUT2D eigenvalue weighted by Crippen LogP contribution is -2.47. The highest BCUT2D eigenvalue weighted by Gasteiger charge is 2.25. The molecule has 1 aromatic heterocycles. The van der Waals surface area contributed by atoms with E-state index in [1.807, 2.05) is 6.92 Å². The van der Waals surface area contributed by atoms with Crippen molar-refractivity contribution in [3.63, 3.8) is 0 Å². The number of rotatable bonds is 4. The normalized spacial score (nSPS) is 25.2. The summed E-state index contributed by atoms with van der Waals surface area (Å²) in [5.74, 6) is -0.383. The summed E-state index contributed by atoms with van der Waals surface area (Å²) in [5, 5.41) is 17.9. The van der Waals surface area contributed by atoms with Crippen molar-refractivity contribution in [2.45, 2.75) is 25.7 Å². The van der Waals surface area contributed by atoms with Gasteiger partial charge in [0.2, 0.25) is 0 Å². The van der Waals surface area contributed by atoms with Crippen molar-refractivity contribution in [1.82, 2.24) is 4.90 Å². The summed E-state index contributed by atoms with van der Waals surface area (Å²) >= 11 is 0. The predicted molar refractivity (Wildman–Crippen MR) is 62.4 cm³/mol. The van der Waals surface area contributed by atoms with Crippen molar-refractivity contribution in [3.8, 4) is 0 Å². The number of morpholine rings is 1. The Balaban J connectivity index is 1.97. The number of furan rings is 1. The molecule has 18 heavy (non-hydrogen) atoms. The van der Waals surface area contributed by atoms with Gasteiger partial charge in [-0.1, -0.05) is 0 Å². The van der Waals surface area contributed by atoms with E-state index >= 15 is 0 Å². The largest absolute Gasteiger partial charge is 0.478 e. The molecule has 1 aliphatic heterocycles. The fourth-order valence-electron chi connectivity index (χ4n) is 2.17. The molecular formula is C12H17NO5. The maximum Gasteiger partial charge on any atom is 0.338 e. The van der Waals surface area contributed by atoms with Crippen LogP contribution in [0, 0.1) is 0 Å². The number of carbonyl (C=O) groups is 1. The molecule has 1 saturated heterocycles. The van der Waals surface area contributed by atoms with E-state index in [1.54, 1.807) is 0 Å². The maximum atomic E-state index is 10.7. The molecule has 0 bridgehead atoms. The van der Waals surface area contributed by atoms with Gasteiger partial charge in [-0.3, -0.25) is 4.90 Å². The van der Waals surface area contributed by atoms with E-state index in [2.05, 4.69) is 4.90 Å². The van der Waals surface area contributed by atoms with Gasteiger partial charge in [0.15, 0.2) is 0 Å². The van der Waals surface area contributed by atoms with Crippen molar-refractivity contribution >= 4 is 5.97 Å². The number of carboxylic acid groups (broad SMARTS) is 1. The van der Waals surface area contributed by atoms with E-state index in [1.165, 1.54) is 12.3 Å². The van der Waals surface area contributed by atoms with E-state index in [0.717, 1.165) is 6.54 Å². The highest BCUT2D eigenvalue weighted by atomic mass is 16.5. The summed E-state index contributed by atoms with van der Waals surface area (Å²) in [4.78, 5) is 12.8. The molecule has 2 heterocycles. The monoisotopic (exact) mass is 255 g/mol. The minimum absolute atomic E-state index is 0.0145. The first-order valence-corrected chi connectivity index (χ1v) is 5.88. The van der Waals surface area contributed by atoms with Crippen LogP contribution >= 0.6 is 0 Å². The Bertz CT molecular complexity index is 416. The molecule has 2 atom stereocenters. The zero-order chi connectivity index (χ0) is 13.1. The van der Waals surface area contributed by atoms with Crippen molar-refractivity contribution in [3.05, 3.63) is 23.7 Å². The lowest BCUT2D eigenvalue weighted by atomic mass is 10.2. The number of carboxylic acids is 1. The van der Waals surface area contributed by atoms with Crippen molar-refractivity contribution in [1.29, 1.82) is 0 Å². The molecule has 6 nitrogen and oxygen atoms in total. The first kappa shape index (κ1) is 13.1. The van der Waals surface area contributed by atoms with Crippen LogP contribution in [0.4, 0.5) is 0 Å². The number of hydrogen-bond donors (Lipinski definition) is 2. The van der Waals surface area contributed by atoms with Gasteiger partial charge in [0.05, 0.1) is 30.9 Å². The quantitative estimate of drug-likeness (QED) is 0.818. The Morgan fingerprint density at radius 1 is 1.56 bits per heavy atom. The van der Waals surface area contributed by atoms with Crippen molar-refractivity contribution in [2.24, 2.45) is 0 Å². The Labute approximate surface area is 105 Å². The highest BCUT2D eigenvalue weighted by molar-refractivity contribution is 5.87. The molecule has 0 saturated carbocycles. The minimum Gasteiger partial charge on any atom is -0.478 e. The van der Waals surface area contributed by atoms with Gasteiger partial charge in [0.25, 0.3) is 0 Å². The molecule has 1 fully saturated rings. The van der Waals surface area contributed by atoms with Crippen molar-refractivity contribution < 1.29 is 24.2 Å². The molecule has 2 unspecified atom stereocenters. The molecule has 0 amide bonds. The lowest BCUT2D eigenvalue weighted by Gasteiger charge is -2.35. The molecule has 2 N–H and O–H groups in total. The summed E-state index contributed by atoms with van der Waals surface area (Å²) in [5.41, 5.74) is 0.157. The van der Waals surface area contributed by atoms with Gasteiger partial charge in [-0.2, -0.15) is 0 Å². The summed E-state index contributed by atoms with van der Waals surface area (Å²) in [7, 11) is 0. The molecule has 6 heteroatoms. The van der Waals surface area contributed by atoms with Gasteiger partial charge in [0, 0.05) is 13.1 Å². The summed E-state index contributed by atoms with van der Waals surface area (Å²) < 4.78 is 10.7. The second kappa shape index (κ2) is 5.51. The third-order valence-corrected chi connectivity index (χ3v) is 2.89. The van der Waals surface area contributed by atoms with Crippen LogP contribution in [-0.4, -0.2) is 53.0 Å². The number of nitrogens with zero attached hydrogens (tertiary/aromatic N) is 1. The highest BCUT2D eigenvalue weighted by Crippen LogP contribution is 2.16. The number of aliphatic hydroxyl groups excluding tert-OH is 1.